The van der Waals surface area contributed by atoms with E-state index in [-0.39, 0.29) is 29.1 Å². The van der Waals surface area contributed by atoms with E-state index in [2.05, 4.69) is 26.9 Å². The number of hydrogen-bond acceptors (Lipinski definition) is 4. The van der Waals surface area contributed by atoms with Gasteiger partial charge in [0.05, 0.1) is 12.6 Å². The first-order valence-corrected chi connectivity index (χ1v) is 10.5. The standard InChI is InChI=1S/C23H25N5O2/c1-15-10-11-27(18-8-9-18)23(30)21(15)22(29)26-13-19(12-17-6-4-3-5-7-17)28-16(2)24-25-20(28)14-26/h3-7,10-11,18-19H,8-9,12-14H2,1-2H3/t19-/m1/s1. The van der Waals surface area contributed by atoms with E-state index in [1.807, 2.05) is 44.3 Å². The summed E-state index contributed by atoms with van der Waals surface area (Å²) in [5.74, 6) is 1.41. The Kier molecular flexibility index (Phi) is 4.53. The summed E-state index contributed by atoms with van der Waals surface area (Å²) in [6.45, 7) is 4.67. The van der Waals surface area contributed by atoms with Gasteiger partial charge in [0.15, 0.2) is 5.82 Å². The second-order valence-corrected chi connectivity index (χ2v) is 8.38. The highest BCUT2D eigenvalue weighted by Gasteiger charge is 2.34. The van der Waals surface area contributed by atoms with Crippen LogP contribution in [-0.2, 0) is 13.0 Å². The Balaban J connectivity index is 1.49. The Morgan fingerprint density at radius 1 is 1.10 bits per heavy atom. The van der Waals surface area contributed by atoms with Crippen LogP contribution in [0.25, 0.3) is 0 Å². The van der Waals surface area contributed by atoms with E-state index in [1.165, 1.54) is 5.56 Å². The molecule has 1 aromatic carbocycles. The molecule has 7 heteroatoms. The lowest BCUT2D eigenvalue weighted by molar-refractivity contribution is 0.0668. The van der Waals surface area contributed by atoms with Crippen molar-refractivity contribution in [2.24, 2.45) is 0 Å². The SMILES string of the molecule is Cc1ccn(C2CC2)c(=O)c1C(=O)N1Cc2nnc(C)n2[C@H](Cc2ccccc2)C1. The largest absolute Gasteiger partial charge is 0.329 e. The molecule has 2 aromatic heterocycles. The fourth-order valence-electron chi connectivity index (χ4n) is 4.46. The van der Waals surface area contributed by atoms with Gasteiger partial charge in [-0.2, -0.15) is 0 Å². The molecule has 0 spiro atoms. The van der Waals surface area contributed by atoms with Gasteiger partial charge in [0.1, 0.15) is 11.4 Å². The summed E-state index contributed by atoms with van der Waals surface area (Å²) in [6, 6.07) is 12.4. The molecule has 1 atom stereocenters. The molecule has 0 saturated heterocycles. The van der Waals surface area contributed by atoms with Gasteiger partial charge in [-0.3, -0.25) is 9.59 Å². The van der Waals surface area contributed by atoms with Gasteiger partial charge < -0.3 is 14.0 Å². The number of hydrogen-bond donors (Lipinski definition) is 0. The minimum absolute atomic E-state index is 0.0322. The molecule has 0 radical (unpaired) electrons. The second-order valence-electron chi connectivity index (χ2n) is 8.38. The maximum absolute atomic E-state index is 13.5. The molecular formula is C23H25N5O2. The van der Waals surface area contributed by atoms with Crippen LogP contribution in [0.5, 0.6) is 0 Å². The highest BCUT2D eigenvalue weighted by Crippen LogP contribution is 2.33. The van der Waals surface area contributed by atoms with Crippen molar-refractivity contribution < 1.29 is 4.79 Å². The van der Waals surface area contributed by atoms with E-state index >= 15 is 0 Å². The number of carbonyl (C=O) groups is 1. The molecule has 1 saturated carbocycles. The summed E-state index contributed by atoms with van der Waals surface area (Å²) in [5, 5.41) is 8.56. The number of aryl methyl sites for hydroxylation is 2. The lowest BCUT2D eigenvalue weighted by Gasteiger charge is -2.34. The summed E-state index contributed by atoms with van der Waals surface area (Å²) >= 11 is 0. The Bertz CT molecular complexity index is 1160. The Morgan fingerprint density at radius 2 is 1.87 bits per heavy atom. The fraction of sp³-hybridized carbons (Fsp3) is 0.391. The predicted octanol–water partition coefficient (Wildman–Crippen LogP) is 2.83. The fourth-order valence-corrected chi connectivity index (χ4v) is 4.46. The number of benzene rings is 1. The molecule has 0 bridgehead atoms. The average molecular weight is 403 g/mol. The maximum atomic E-state index is 13.5. The molecule has 1 aliphatic carbocycles. The van der Waals surface area contributed by atoms with Crippen molar-refractivity contribution in [3.63, 3.8) is 0 Å². The third-order valence-electron chi connectivity index (χ3n) is 6.15. The first-order chi connectivity index (χ1) is 14.5. The van der Waals surface area contributed by atoms with Crippen LogP contribution < -0.4 is 5.56 Å². The Labute approximate surface area is 175 Å². The van der Waals surface area contributed by atoms with Gasteiger partial charge in [0.2, 0.25) is 0 Å². The van der Waals surface area contributed by atoms with E-state index in [0.717, 1.165) is 36.5 Å². The van der Waals surface area contributed by atoms with Crippen LogP contribution in [0.4, 0.5) is 0 Å². The molecule has 0 N–H and O–H groups in total. The number of nitrogens with zero attached hydrogens (tertiary/aromatic N) is 5. The molecule has 7 nitrogen and oxygen atoms in total. The lowest BCUT2D eigenvalue weighted by atomic mass is 10.0. The summed E-state index contributed by atoms with van der Waals surface area (Å²) < 4.78 is 3.86. The smallest absolute Gasteiger partial charge is 0.263 e. The molecule has 1 amide bonds. The number of rotatable bonds is 4. The van der Waals surface area contributed by atoms with Crippen molar-refractivity contribution in [3.8, 4) is 0 Å². The highest BCUT2D eigenvalue weighted by molar-refractivity contribution is 5.95. The van der Waals surface area contributed by atoms with Crippen LogP contribution in [0.1, 0.15) is 58.1 Å². The number of fused-ring (bicyclic) bond motifs is 1. The summed E-state index contributed by atoms with van der Waals surface area (Å²) in [4.78, 5) is 28.3. The van der Waals surface area contributed by atoms with Gasteiger partial charge in [0, 0.05) is 18.8 Å². The van der Waals surface area contributed by atoms with Gasteiger partial charge in [-0.05, 0) is 50.3 Å². The molecule has 0 unspecified atom stereocenters. The number of carbonyl (C=O) groups excluding carboxylic acids is 1. The van der Waals surface area contributed by atoms with Crippen molar-refractivity contribution >= 4 is 5.91 Å². The van der Waals surface area contributed by atoms with Crippen LogP contribution >= 0.6 is 0 Å². The van der Waals surface area contributed by atoms with Gasteiger partial charge in [-0.1, -0.05) is 30.3 Å². The van der Waals surface area contributed by atoms with E-state index in [0.29, 0.717) is 13.1 Å². The normalized spacial score (nSPS) is 18.3. The van der Waals surface area contributed by atoms with Crippen LogP contribution in [0.2, 0.25) is 0 Å². The molecule has 3 heterocycles. The van der Waals surface area contributed by atoms with Crippen LogP contribution in [0.15, 0.2) is 47.4 Å². The summed E-state index contributed by atoms with van der Waals surface area (Å²) in [6.07, 6.45) is 4.60. The lowest BCUT2D eigenvalue weighted by Crippen LogP contribution is -2.44. The number of amides is 1. The highest BCUT2D eigenvalue weighted by atomic mass is 16.2. The van der Waals surface area contributed by atoms with Crippen molar-refractivity contribution in [2.45, 2.75) is 51.7 Å². The first kappa shape index (κ1) is 18.8. The zero-order valence-electron chi connectivity index (χ0n) is 17.3. The topological polar surface area (TPSA) is 73.0 Å². The summed E-state index contributed by atoms with van der Waals surface area (Å²) in [7, 11) is 0. The van der Waals surface area contributed by atoms with Crippen LogP contribution in [0, 0.1) is 13.8 Å². The number of pyridine rings is 1. The van der Waals surface area contributed by atoms with E-state index in [4.69, 9.17) is 0 Å². The molecular weight excluding hydrogens is 378 g/mol. The molecule has 30 heavy (non-hydrogen) atoms. The maximum Gasteiger partial charge on any atom is 0.263 e. The first-order valence-electron chi connectivity index (χ1n) is 10.5. The van der Waals surface area contributed by atoms with Gasteiger partial charge in [-0.25, -0.2) is 0 Å². The van der Waals surface area contributed by atoms with Crippen molar-refractivity contribution in [1.29, 1.82) is 0 Å². The van der Waals surface area contributed by atoms with Crippen LogP contribution in [0.3, 0.4) is 0 Å². The van der Waals surface area contributed by atoms with E-state index in [9.17, 15) is 9.59 Å². The molecule has 1 fully saturated rings. The zero-order chi connectivity index (χ0) is 20.8. The summed E-state index contributed by atoms with van der Waals surface area (Å²) in [5.41, 5.74) is 2.03. The van der Waals surface area contributed by atoms with Crippen molar-refractivity contribution in [1.82, 2.24) is 24.2 Å². The third kappa shape index (κ3) is 3.24. The number of aromatic nitrogens is 4. The van der Waals surface area contributed by atoms with Gasteiger partial charge in [0.25, 0.3) is 11.5 Å². The molecule has 1 aliphatic heterocycles. The van der Waals surface area contributed by atoms with E-state index < -0.39 is 0 Å². The van der Waals surface area contributed by atoms with Crippen molar-refractivity contribution in [3.05, 3.63) is 81.3 Å². The van der Waals surface area contributed by atoms with E-state index in [1.54, 1.807) is 9.47 Å². The second kappa shape index (κ2) is 7.23. The molecule has 2 aliphatic rings. The Hall–Kier alpha value is -3.22. The predicted molar refractivity (Wildman–Crippen MR) is 112 cm³/mol. The third-order valence-corrected chi connectivity index (χ3v) is 6.15. The zero-order valence-corrected chi connectivity index (χ0v) is 17.3. The molecule has 3 aromatic rings. The minimum Gasteiger partial charge on any atom is -0.329 e. The van der Waals surface area contributed by atoms with Crippen molar-refractivity contribution in [2.75, 3.05) is 6.54 Å². The minimum atomic E-state index is -0.211. The van der Waals surface area contributed by atoms with Crippen LogP contribution in [-0.4, -0.2) is 36.7 Å². The monoisotopic (exact) mass is 403 g/mol. The Morgan fingerprint density at radius 3 is 2.60 bits per heavy atom. The average Bonchev–Trinajstić information content (AvgIpc) is 3.51. The van der Waals surface area contributed by atoms with Gasteiger partial charge in [-0.15, -0.1) is 10.2 Å². The molecule has 5 rings (SSSR count). The van der Waals surface area contributed by atoms with Gasteiger partial charge >= 0.3 is 0 Å². The quantitative estimate of drug-likeness (QED) is 0.672. The molecule has 154 valence electrons.